The van der Waals surface area contributed by atoms with E-state index in [1.165, 1.54) is 0 Å². The lowest BCUT2D eigenvalue weighted by molar-refractivity contribution is -0.119. The molecular formula is C23H26N2O2S. The summed E-state index contributed by atoms with van der Waals surface area (Å²) >= 11 is 1.63. The van der Waals surface area contributed by atoms with Gasteiger partial charge in [-0.05, 0) is 67.6 Å². The van der Waals surface area contributed by atoms with Crippen molar-refractivity contribution in [1.82, 2.24) is 0 Å². The zero-order chi connectivity index (χ0) is 19.7. The van der Waals surface area contributed by atoms with Crippen LogP contribution in [0.2, 0.25) is 0 Å². The van der Waals surface area contributed by atoms with Crippen molar-refractivity contribution < 1.29 is 9.59 Å². The van der Waals surface area contributed by atoms with Gasteiger partial charge in [0.25, 0.3) is 0 Å². The van der Waals surface area contributed by atoms with E-state index in [9.17, 15) is 9.59 Å². The Morgan fingerprint density at radius 1 is 1.07 bits per heavy atom. The number of rotatable bonds is 4. The lowest BCUT2D eigenvalue weighted by Gasteiger charge is -2.25. The summed E-state index contributed by atoms with van der Waals surface area (Å²) in [6.07, 6.45) is 4.26. The summed E-state index contributed by atoms with van der Waals surface area (Å²) in [6.45, 7) is 4.11. The Balaban J connectivity index is 1.58. The van der Waals surface area contributed by atoms with Gasteiger partial charge in [0.1, 0.15) is 5.37 Å². The first kappa shape index (κ1) is 19.1. The van der Waals surface area contributed by atoms with E-state index in [4.69, 9.17) is 0 Å². The van der Waals surface area contributed by atoms with Gasteiger partial charge in [0.15, 0.2) is 0 Å². The molecule has 1 atom stereocenters. The number of carbonyl (C=O) groups is 2. The maximum absolute atomic E-state index is 12.7. The van der Waals surface area contributed by atoms with Crippen LogP contribution in [0.3, 0.4) is 0 Å². The maximum atomic E-state index is 12.7. The fourth-order valence-electron chi connectivity index (χ4n) is 4.24. The Labute approximate surface area is 170 Å². The van der Waals surface area contributed by atoms with Crippen LogP contribution >= 0.6 is 11.8 Å². The van der Waals surface area contributed by atoms with Gasteiger partial charge >= 0.3 is 0 Å². The van der Waals surface area contributed by atoms with Crippen molar-refractivity contribution in [2.45, 2.75) is 44.9 Å². The highest BCUT2D eigenvalue weighted by Crippen LogP contribution is 2.42. The van der Waals surface area contributed by atoms with Crippen LogP contribution in [0.5, 0.6) is 0 Å². The molecule has 1 aliphatic carbocycles. The Morgan fingerprint density at radius 2 is 1.79 bits per heavy atom. The third-order valence-corrected chi connectivity index (χ3v) is 6.73. The largest absolute Gasteiger partial charge is 0.326 e. The van der Waals surface area contributed by atoms with Crippen molar-refractivity contribution in [2.24, 2.45) is 5.92 Å². The molecule has 0 aromatic heterocycles. The Morgan fingerprint density at radius 3 is 2.50 bits per heavy atom. The van der Waals surface area contributed by atoms with Crippen molar-refractivity contribution in [1.29, 1.82) is 0 Å². The molecule has 28 heavy (non-hydrogen) atoms. The van der Waals surface area contributed by atoms with Gasteiger partial charge in [0.2, 0.25) is 11.8 Å². The number of anilines is 2. The molecule has 2 aliphatic rings. The first-order valence-electron chi connectivity index (χ1n) is 9.94. The van der Waals surface area contributed by atoms with E-state index in [-0.39, 0.29) is 23.1 Å². The molecule has 2 amide bonds. The van der Waals surface area contributed by atoms with Gasteiger partial charge in [0, 0.05) is 17.3 Å². The number of aryl methyl sites for hydroxylation is 2. The second-order valence-corrected chi connectivity index (χ2v) is 8.94. The number of benzene rings is 2. The summed E-state index contributed by atoms with van der Waals surface area (Å²) in [7, 11) is 0. The monoisotopic (exact) mass is 394 g/mol. The highest BCUT2D eigenvalue weighted by molar-refractivity contribution is 8.00. The zero-order valence-corrected chi connectivity index (χ0v) is 17.2. The highest BCUT2D eigenvalue weighted by atomic mass is 32.2. The number of hydrogen-bond acceptors (Lipinski definition) is 3. The van der Waals surface area contributed by atoms with Crippen LogP contribution in [-0.4, -0.2) is 17.6 Å². The summed E-state index contributed by atoms with van der Waals surface area (Å²) in [5.74, 6) is 0.852. The third-order valence-electron chi connectivity index (χ3n) is 5.52. The minimum Gasteiger partial charge on any atom is -0.326 e. The average Bonchev–Trinajstić information content (AvgIpc) is 3.31. The summed E-state index contributed by atoms with van der Waals surface area (Å²) in [5, 5.41) is 3.01. The number of nitrogens with one attached hydrogen (secondary N) is 1. The van der Waals surface area contributed by atoms with Crippen LogP contribution in [0.4, 0.5) is 11.4 Å². The smallest absolute Gasteiger partial charge is 0.238 e. The predicted molar refractivity (Wildman–Crippen MR) is 116 cm³/mol. The van der Waals surface area contributed by atoms with Crippen LogP contribution < -0.4 is 10.2 Å². The molecule has 2 fully saturated rings. The van der Waals surface area contributed by atoms with Gasteiger partial charge in [-0.2, -0.15) is 0 Å². The normalized spacial score (nSPS) is 20.0. The van der Waals surface area contributed by atoms with Crippen LogP contribution in [0.15, 0.2) is 42.5 Å². The number of thioether (sulfide) groups is 1. The van der Waals surface area contributed by atoms with Gasteiger partial charge in [-0.3, -0.25) is 14.5 Å². The Hall–Kier alpha value is -2.27. The molecular weight excluding hydrogens is 368 g/mol. The van der Waals surface area contributed by atoms with Gasteiger partial charge in [-0.1, -0.05) is 31.0 Å². The minimum absolute atomic E-state index is 0.0722. The Kier molecular flexibility index (Phi) is 5.44. The molecule has 1 saturated heterocycles. The summed E-state index contributed by atoms with van der Waals surface area (Å²) in [4.78, 5) is 27.0. The molecule has 1 heterocycles. The maximum Gasteiger partial charge on any atom is 0.238 e. The topological polar surface area (TPSA) is 49.4 Å². The van der Waals surface area contributed by atoms with Crippen molar-refractivity contribution in [3.05, 3.63) is 59.2 Å². The first-order valence-corrected chi connectivity index (χ1v) is 11.0. The summed E-state index contributed by atoms with van der Waals surface area (Å²) in [5.41, 5.74) is 5.10. The van der Waals surface area contributed by atoms with E-state index in [1.54, 1.807) is 11.8 Å². The molecule has 0 radical (unpaired) electrons. The second-order valence-electron chi connectivity index (χ2n) is 7.87. The van der Waals surface area contributed by atoms with E-state index in [1.807, 2.05) is 29.2 Å². The third kappa shape index (κ3) is 3.95. The van der Waals surface area contributed by atoms with Crippen LogP contribution in [0.25, 0.3) is 0 Å². The summed E-state index contributed by atoms with van der Waals surface area (Å²) in [6, 6.07) is 14.2. The van der Waals surface area contributed by atoms with Crippen LogP contribution in [0.1, 0.15) is 47.7 Å². The predicted octanol–water partition coefficient (Wildman–Crippen LogP) is 5.21. The summed E-state index contributed by atoms with van der Waals surface area (Å²) < 4.78 is 0. The molecule has 146 valence electrons. The number of carbonyl (C=O) groups excluding carboxylic acids is 2. The number of amides is 2. The molecule has 4 nitrogen and oxygen atoms in total. The van der Waals surface area contributed by atoms with Crippen molar-refractivity contribution in [2.75, 3.05) is 16.0 Å². The molecule has 1 saturated carbocycles. The highest BCUT2D eigenvalue weighted by Gasteiger charge is 2.34. The lowest BCUT2D eigenvalue weighted by Crippen LogP contribution is -2.28. The van der Waals surface area contributed by atoms with Gasteiger partial charge < -0.3 is 5.32 Å². The van der Waals surface area contributed by atoms with Crippen LogP contribution in [0, 0.1) is 19.8 Å². The molecule has 5 heteroatoms. The van der Waals surface area contributed by atoms with Gasteiger partial charge in [-0.15, -0.1) is 11.8 Å². The SMILES string of the molecule is Cc1cc(C)cc(N2C(=O)CS[C@H]2c2cccc(NC(=O)C3CCCC3)c2)c1. The van der Waals surface area contributed by atoms with Gasteiger partial charge in [0.05, 0.1) is 5.75 Å². The first-order chi connectivity index (χ1) is 13.5. The van der Waals surface area contributed by atoms with E-state index in [0.29, 0.717) is 5.75 Å². The molecule has 4 rings (SSSR count). The van der Waals surface area contributed by atoms with E-state index in [2.05, 4.69) is 37.4 Å². The van der Waals surface area contributed by atoms with Crippen LogP contribution in [-0.2, 0) is 9.59 Å². The lowest BCUT2D eigenvalue weighted by atomic mass is 10.1. The molecule has 2 aromatic carbocycles. The van der Waals surface area contributed by atoms with Crippen molar-refractivity contribution in [3.8, 4) is 0 Å². The number of hydrogen-bond donors (Lipinski definition) is 1. The Bertz CT molecular complexity index is 885. The van der Waals surface area contributed by atoms with E-state index >= 15 is 0 Å². The molecule has 1 N–H and O–H groups in total. The molecule has 0 spiro atoms. The van der Waals surface area contributed by atoms with E-state index in [0.717, 1.165) is 53.7 Å². The quantitative estimate of drug-likeness (QED) is 0.774. The zero-order valence-electron chi connectivity index (χ0n) is 16.4. The minimum atomic E-state index is -0.0722. The standard InChI is InChI=1S/C23H26N2O2S/c1-15-10-16(2)12-20(11-15)25-21(26)14-28-23(25)18-8-5-9-19(13-18)24-22(27)17-6-3-4-7-17/h5,8-13,17,23H,3-4,6-7,14H2,1-2H3,(H,24,27)/t23-/m0/s1. The van der Waals surface area contributed by atoms with Crippen molar-refractivity contribution in [3.63, 3.8) is 0 Å². The average molecular weight is 395 g/mol. The molecule has 0 unspecified atom stereocenters. The fraction of sp³-hybridized carbons (Fsp3) is 0.391. The molecule has 1 aliphatic heterocycles. The molecule has 2 aromatic rings. The van der Waals surface area contributed by atoms with Crippen molar-refractivity contribution >= 4 is 35.0 Å². The fourth-order valence-corrected chi connectivity index (χ4v) is 5.41. The van der Waals surface area contributed by atoms with Gasteiger partial charge in [-0.25, -0.2) is 0 Å². The van der Waals surface area contributed by atoms with E-state index < -0.39 is 0 Å². The number of nitrogens with zero attached hydrogens (tertiary/aromatic N) is 1. The second kappa shape index (κ2) is 8.00. The molecule has 0 bridgehead atoms.